The molecular weight excluding hydrogens is 311 g/mol. The molecule has 1 spiro atoms. The van der Waals surface area contributed by atoms with Crippen LogP contribution in [-0.2, 0) is 9.53 Å². The van der Waals surface area contributed by atoms with Gasteiger partial charge in [-0.3, -0.25) is 9.59 Å². The van der Waals surface area contributed by atoms with Crippen molar-refractivity contribution in [3.05, 3.63) is 34.6 Å². The van der Waals surface area contributed by atoms with Gasteiger partial charge in [0.15, 0.2) is 5.72 Å². The summed E-state index contributed by atoms with van der Waals surface area (Å²) >= 11 is 6.03. The molecular formula is C15H14ClFN2O3. The lowest BCUT2D eigenvalue weighted by Crippen LogP contribution is -2.48. The Morgan fingerprint density at radius 3 is 3.05 bits per heavy atom. The van der Waals surface area contributed by atoms with Crippen molar-refractivity contribution in [2.75, 3.05) is 19.7 Å². The number of halogens is 2. The van der Waals surface area contributed by atoms with Crippen molar-refractivity contribution in [1.82, 2.24) is 9.80 Å². The van der Waals surface area contributed by atoms with Crippen molar-refractivity contribution in [3.8, 4) is 0 Å². The molecule has 0 aromatic heterocycles. The van der Waals surface area contributed by atoms with Crippen molar-refractivity contribution in [3.63, 3.8) is 0 Å². The normalized spacial score (nSPS) is 29.9. The summed E-state index contributed by atoms with van der Waals surface area (Å²) < 4.78 is 19.3. The maximum atomic E-state index is 13.4. The predicted octanol–water partition coefficient (Wildman–Crippen LogP) is 1.65. The van der Waals surface area contributed by atoms with Gasteiger partial charge in [-0.05, 0) is 18.2 Å². The highest BCUT2D eigenvalue weighted by molar-refractivity contribution is 6.33. The van der Waals surface area contributed by atoms with E-state index in [-0.39, 0.29) is 34.9 Å². The number of likely N-dealkylation sites (tertiary alicyclic amines) is 1. The van der Waals surface area contributed by atoms with Gasteiger partial charge in [0.1, 0.15) is 5.82 Å². The topological polar surface area (TPSA) is 49.9 Å². The van der Waals surface area contributed by atoms with Crippen molar-refractivity contribution < 1.29 is 18.7 Å². The van der Waals surface area contributed by atoms with E-state index >= 15 is 0 Å². The molecule has 5 nitrogen and oxygen atoms in total. The number of ether oxygens (including phenoxy) is 1. The lowest BCUT2D eigenvalue weighted by atomic mass is 10.1. The third kappa shape index (κ3) is 1.74. The predicted molar refractivity (Wildman–Crippen MR) is 75.9 cm³/mol. The third-order valence-electron chi connectivity index (χ3n) is 4.82. The zero-order valence-electron chi connectivity index (χ0n) is 11.7. The van der Waals surface area contributed by atoms with E-state index in [2.05, 4.69) is 0 Å². The highest BCUT2D eigenvalue weighted by Gasteiger charge is 2.62. The van der Waals surface area contributed by atoms with Gasteiger partial charge in [0.2, 0.25) is 5.91 Å². The summed E-state index contributed by atoms with van der Waals surface area (Å²) in [5.41, 5.74) is -0.561. The molecule has 116 valence electrons. The quantitative estimate of drug-likeness (QED) is 0.789. The number of rotatable bonds is 1. The van der Waals surface area contributed by atoms with Crippen molar-refractivity contribution in [1.29, 1.82) is 0 Å². The standard InChI is InChI=1S/C15H14ClFN2O3/c16-11-2-1-9(17)7-10(11)14(21)18-4-3-15-12(18)8-13(20)19(15)5-6-22-15/h1-2,7,12H,3-6,8H2/t12-,15+/m1/s1. The fraction of sp³-hybridized carbons (Fsp3) is 0.467. The first kappa shape index (κ1) is 14.0. The molecule has 1 aromatic rings. The summed E-state index contributed by atoms with van der Waals surface area (Å²) in [6.07, 6.45) is 0.834. The van der Waals surface area contributed by atoms with Crippen LogP contribution in [0.15, 0.2) is 18.2 Å². The van der Waals surface area contributed by atoms with Crippen LogP contribution in [-0.4, -0.2) is 53.1 Å². The van der Waals surface area contributed by atoms with Crippen molar-refractivity contribution >= 4 is 23.4 Å². The average molecular weight is 325 g/mol. The van der Waals surface area contributed by atoms with Crippen molar-refractivity contribution in [2.45, 2.75) is 24.6 Å². The minimum absolute atomic E-state index is 0.00494. The zero-order valence-corrected chi connectivity index (χ0v) is 12.5. The van der Waals surface area contributed by atoms with Crippen LogP contribution in [0.3, 0.4) is 0 Å². The van der Waals surface area contributed by atoms with Gasteiger partial charge in [-0.15, -0.1) is 0 Å². The first-order chi connectivity index (χ1) is 10.5. The van der Waals surface area contributed by atoms with Crippen LogP contribution >= 0.6 is 11.6 Å². The van der Waals surface area contributed by atoms with Gasteiger partial charge < -0.3 is 14.5 Å². The third-order valence-corrected chi connectivity index (χ3v) is 5.15. The van der Waals surface area contributed by atoms with E-state index in [4.69, 9.17) is 16.3 Å². The molecule has 22 heavy (non-hydrogen) atoms. The smallest absolute Gasteiger partial charge is 0.255 e. The monoisotopic (exact) mass is 324 g/mol. The maximum Gasteiger partial charge on any atom is 0.255 e. The molecule has 3 aliphatic heterocycles. The molecule has 4 rings (SSSR count). The largest absolute Gasteiger partial charge is 0.351 e. The van der Waals surface area contributed by atoms with Gasteiger partial charge in [0.25, 0.3) is 5.91 Å². The summed E-state index contributed by atoms with van der Waals surface area (Å²) in [6.45, 7) is 1.53. The molecule has 0 radical (unpaired) electrons. The first-order valence-electron chi connectivity index (χ1n) is 7.23. The van der Waals surface area contributed by atoms with Crippen LogP contribution in [0.2, 0.25) is 5.02 Å². The van der Waals surface area contributed by atoms with Crippen LogP contribution in [0.1, 0.15) is 23.2 Å². The fourth-order valence-electron chi connectivity index (χ4n) is 3.85. The van der Waals surface area contributed by atoms with Crippen LogP contribution in [0.25, 0.3) is 0 Å². The zero-order chi connectivity index (χ0) is 15.5. The Balaban J connectivity index is 1.68. The highest BCUT2D eigenvalue weighted by Crippen LogP contribution is 2.46. The van der Waals surface area contributed by atoms with Gasteiger partial charge in [-0.2, -0.15) is 0 Å². The van der Waals surface area contributed by atoms with Crippen LogP contribution < -0.4 is 0 Å². The van der Waals surface area contributed by atoms with E-state index < -0.39 is 11.5 Å². The Labute approximate surface area is 131 Å². The Hall–Kier alpha value is -1.66. The number of hydrogen-bond acceptors (Lipinski definition) is 3. The molecule has 3 aliphatic rings. The second kappa shape index (κ2) is 4.67. The number of benzene rings is 1. The molecule has 7 heteroatoms. The molecule has 3 fully saturated rings. The Morgan fingerprint density at radius 1 is 1.41 bits per heavy atom. The molecule has 0 aliphatic carbocycles. The summed E-state index contributed by atoms with van der Waals surface area (Å²) in [5.74, 6) is -0.857. The number of carbonyl (C=O) groups excluding carboxylic acids is 2. The van der Waals surface area contributed by atoms with E-state index in [1.165, 1.54) is 12.1 Å². The van der Waals surface area contributed by atoms with Crippen molar-refractivity contribution in [2.24, 2.45) is 0 Å². The second-order valence-corrected chi connectivity index (χ2v) is 6.24. The molecule has 0 bridgehead atoms. The van der Waals surface area contributed by atoms with E-state index in [0.717, 1.165) is 6.07 Å². The fourth-order valence-corrected chi connectivity index (χ4v) is 4.05. The Morgan fingerprint density at radius 2 is 2.23 bits per heavy atom. The lowest BCUT2D eigenvalue weighted by molar-refractivity contribution is -0.136. The highest BCUT2D eigenvalue weighted by atomic mass is 35.5. The molecule has 3 heterocycles. The lowest BCUT2D eigenvalue weighted by Gasteiger charge is -2.31. The molecule has 2 amide bonds. The summed E-state index contributed by atoms with van der Waals surface area (Å²) in [4.78, 5) is 28.2. The molecule has 2 atom stereocenters. The summed E-state index contributed by atoms with van der Waals surface area (Å²) in [7, 11) is 0. The number of hydrogen-bond donors (Lipinski definition) is 0. The Bertz CT molecular complexity index is 683. The van der Waals surface area contributed by atoms with Gasteiger partial charge >= 0.3 is 0 Å². The van der Waals surface area contributed by atoms with E-state index in [1.54, 1.807) is 9.80 Å². The molecule has 0 unspecified atom stereocenters. The average Bonchev–Trinajstić information content (AvgIpc) is 3.12. The molecule has 0 saturated carbocycles. The van der Waals surface area contributed by atoms with Gasteiger partial charge in [0, 0.05) is 19.5 Å². The molecule has 0 N–H and O–H groups in total. The van der Waals surface area contributed by atoms with Gasteiger partial charge in [-0.1, -0.05) is 11.6 Å². The van der Waals surface area contributed by atoms with Crippen LogP contribution in [0.4, 0.5) is 4.39 Å². The minimum atomic E-state index is -0.688. The van der Waals surface area contributed by atoms with E-state index in [1.807, 2.05) is 0 Å². The summed E-state index contributed by atoms with van der Waals surface area (Å²) in [6, 6.07) is 3.40. The number of carbonyl (C=O) groups is 2. The van der Waals surface area contributed by atoms with Crippen LogP contribution in [0.5, 0.6) is 0 Å². The number of nitrogens with zero attached hydrogens (tertiary/aromatic N) is 2. The SMILES string of the molecule is O=C(c1cc(F)ccc1Cl)N1CC[C@@]23OCCN2C(=O)C[C@@H]13. The Kier molecular flexibility index (Phi) is 2.96. The van der Waals surface area contributed by atoms with Gasteiger partial charge in [-0.25, -0.2) is 4.39 Å². The second-order valence-electron chi connectivity index (χ2n) is 5.83. The number of amides is 2. The molecule has 1 aromatic carbocycles. The minimum Gasteiger partial charge on any atom is -0.351 e. The molecule has 3 saturated heterocycles. The van der Waals surface area contributed by atoms with Crippen LogP contribution in [0, 0.1) is 5.82 Å². The van der Waals surface area contributed by atoms with E-state index in [9.17, 15) is 14.0 Å². The maximum absolute atomic E-state index is 13.4. The van der Waals surface area contributed by atoms with E-state index in [0.29, 0.717) is 26.1 Å². The summed E-state index contributed by atoms with van der Waals surface area (Å²) in [5, 5.41) is 0.209. The first-order valence-corrected chi connectivity index (χ1v) is 7.61. The van der Waals surface area contributed by atoms with Gasteiger partial charge in [0.05, 0.1) is 29.7 Å².